The molecule has 2 nitrogen and oxygen atoms in total. The van der Waals surface area contributed by atoms with Gasteiger partial charge in [-0.2, -0.15) is 0 Å². The van der Waals surface area contributed by atoms with Crippen molar-refractivity contribution in [3.8, 4) is 0 Å². The van der Waals surface area contributed by atoms with Gasteiger partial charge in [0.15, 0.2) is 0 Å². The zero-order valence-corrected chi connectivity index (χ0v) is 7.72. The summed E-state index contributed by atoms with van der Waals surface area (Å²) in [6.45, 7) is 3.37. The van der Waals surface area contributed by atoms with Crippen LogP contribution in [-0.4, -0.2) is 13.2 Å². The van der Waals surface area contributed by atoms with Crippen molar-refractivity contribution in [3.05, 3.63) is 35.1 Å². The minimum Gasteiger partial charge on any atom is -0.375 e. The van der Waals surface area contributed by atoms with Crippen LogP contribution in [0.4, 0.5) is 4.39 Å². The normalized spacial score (nSPS) is 10.4. The second-order valence-electron chi connectivity index (χ2n) is 2.91. The predicted octanol–water partition coefficient (Wildman–Crippen LogP) is 1.61. The lowest BCUT2D eigenvalue weighted by Crippen LogP contribution is -2.08. The average molecular weight is 183 g/mol. The van der Waals surface area contributed by atoms with Gasteiger partial charge in [-0.3, -0.25) is 0 Å². The third kappa shape index (κ3) is 3.13. The molecule has 0 aliphatic heterocycles. The fourth-order valence-corrected chi connectivity index (χ4v) is 1.06. The van der Waals surface area contributed by atoms with E-state index in [0.717, 1.165) is 11.1 Å². The molecule has 0 aromatic heterocycles. The number of hydrogen-bond acceptors (Lipinski definition) is 2. The Labute approximate surface area is 77.5 Å². The Morgan fingerprint density at radius 2 is 2.23 bits per heavy atom. The number of hydrogen-bond donors (Lipinski definition) is 1. The Kier molecular flexibility index (Phi) is 3.86. The SMILES string of the molecule is Cc1ccc(F)cc1COCCN. The van der Waals surface area contributed by atoms with Gasteiger partial charge in [-0.05, 0) is 30.2 Å². The molecule has 0 amide bonds. The summed E-state index contributed by atoms with van der Waals surface area (Å²) in [6, 6.07) is 4.68. The van der Waals surface area contributed by atoms with Crippen LogP contribution in [0.1, 0.15) is 11.1 Å². The van der Waals surface area contributed by atoms with Crippen LogP contribution in [0.3, 0.4) is 0 Å². The monoisotopic (exact) mass is 183 g/mol. The average Bonchev–Trinajstić information content (AvgIpc) is 2.11. The van der Waals surface area contributed by atoms with Gasteiger partial charge in [0.1, 0.15) is 5.82 Å². The van der Waals surface area contributed by atoms with Crippen LogP contribution in [0, 0.1) is 12.7 Å². The molecule has 1 aromatic carbocycles. The van der Waals surface area contributed by atoms with E-state index < -0.39 is 0 Å². The summed E-state index contributed by atoms with van der Waals surface area (Å²) in [5.41, 5.74) is 7.18. The Morgan fingerprint density at radius 1 is 1.46 bits per heavy atom. The highest BCUT2D eigenvalue weighted by Crippen LogP contribution is 2.10. The Bertz CT molecular complexity index is 276. The van der Waals surface area contributed by atoms with E-state index in [9.17, 15) is 4.39 Å². The van der Waals surface area contributed by atoms with Gasteiger partial charge in [0, 0.05) is 6.54 Å². The Hall–Kier alpha value is -0.930. The van der Waals surface area contributed by atoms with Gasteiger partial charge in [0.25, 0.3) is 0 Å². The van der Waals surface area contributed by atoms with Crippen LogP contribution in [-0.2, 0) is 11.3 Å². The van der Waals surface area contributed by atoms with Gasteiger partial charge in [-0.1, -0.05) is 6.07 Å². The first-order valence-corrected chi connectivity index (χ1v) is 4.27. The highest BCUT2D eigenvalue weighted by Gasteiger charge is 1.99. The minimum atomic E-state index is -0.225. The van der Waals surface area contributed by atoms with Crippen molar-refractivity contribution in [1.82, 2.24) is 0 Å². The summed E-state index contributed by atoms with van der Waals surface area (Å²) < 4.78 is 18.0. The van der Waals surface area contributed by atoms with Crippen molar-refractivity contribution in [2.45, 2.75) is 13.5 Å². The molecule has 0 fully saturated rings. The van der Waals surface area contributed by atoms with Gasteiger partial charge < -0.3 is 10.5 Å². The molecule has 0 aliphatic carbocycles. The molecule has 0 heterocycles. The molecule has 13 heavy (non-hydrogen) atoms. The fraction of sp³-hybridized carbons (Fsp3) is 0.400. The van der Waals surface area contributed by atoms with Crippen molar-refractivity contribution in [3.63, 3.8) is 0 Å². The Morgan fingerprint density at radius 3 is 2.92 bits per heavy atom. The summed E-state index contributed by atoms with van der Waals surface area (Å²) in [6.07, 6.45) is 0. The van der Waals surface area contributed by atoms with E-state index in [1.807, 2.05) is 6.92 Å². The van der Waals surface area contributed by atoms with E-state index in [0.29, 0.717) is 19.8 Å². The van der Waals surface area contributed by atoms with Crippen molar-refractivity contribution in [2.75, 3.05) is 13.2 Å². The number of nitrogens with two attached hydrogens (primary N) is 1. The van der Waals surface area contributed by atoms with E-state index in [4.69, 9.17) is 10.5 Å². The summed E-state index contributed by atoms with van der Waals surface area (Å²) in [4.78, 5) is 0. The molecule has 0 unspecified atom stereocenters. The van der Waals surface area contributed by atoms with Gasteiger partial charge in [0.2, 0.25) is 0 Å². The fourth-order valence-electron chi connectivity index (χ4n) is 1.06. The summed E-state index contributed by atoms with van der Waals surface area (Å²) in [5.74, 6) is -0.225. The van der Waals surface area contributed by atoms with E-state index in [2.05, 4.69) is 0 Å². The Balaban J connectivity index is 2.59. The molecule has 0 saturated heterocycles. The van der Waals surface area contributed by atoms with E-state index in [1.54, 1.807) is 6.07 Å². The highest BCUT2D eigenvalue weighted by molar-refractivity contribution is 5.25. The van der Waals surface area contributed by atoms with Crippen LogP contribution in [0.2, 0.25) is 0 Å². The molecule has 0 aliphatic rings. The van der Waals surface area contributed by atoms with E-state index in [1.165, 1.54) is 12.1 Å². The zero-order valence-electron chi connectivity index (χ0n) is 7.72. The van der Waals surface area contributed by atoms with E-state index in [-0.39, 0.29) is 5.82 Å². The number of halogens is 1. The molecule has 0 atom stereocenters. The third-order valence-corrected chi connectivity index (χ3v) is 1.83. The summed E-state index contributed by atoms with van der Waals surface area (Å²) in [7, 11) is 0. The lowest BCUT2D eigenvalue weighted by Gasteiger charge is -2.06. The van der Waals surface area contributed by atoms with Crippen LogP contribution < -0.4 is 5.73 Å². The first kappa shape index (κ1) is 10.2. The second kappa shape index (κ2) is 4.94. The van der Waals surface area contributed by atoms with Gasteiger partial charge in [-0.25, -0.2) is 4.39 Å². The predicted molar refractivity (Wildman–Crippen MR) is 49.8 cm³/mol. The van der Waals surface area contributed by atoms with Crippen LogP contribution >= 0.6 is 0 Å². The van der Waals surface area contributed by atoms with Crippen molar-refractivity contribution in [1.29, 1.82) is 0 Å². The van der Waals surface area contributed by atoms with Crippen molar-refractivity contribution < 1.29 is 9.13 Å². The van der Waals surface area contributed by atoms with E-state index >= 15 is 0 Å². The number of ether oxygens (including phenoxy) is 1. The first-order chi connectivity index (χ1) is 6.24. The molecule has 2 N–H and O–H groups in total. The third-order valence-electron chi connectivity index (χ3n) is 1.83. The quantitative estimate of drug-likeness (QED) is 0.720. The maximum Gasteiger partial charge on any atom is 0.123 e. The molecule has 1 rings (SSSR count). The molecule has 0 spiro atoms. The topological polar surface area (TPSA) is 35.2 Å². The molecule has 0 bridgehead atoms. The summed E-state index contributed by atoms with van der Waals surface area (Å²) in [5, 5.41) is 0. The minimum absolute atomic E-state index is 0.225. The van der Waals surface area contributed by atoms with Crippen molar-refractivity contribution >= 4 is 0 Å². The standard InChI is InChI=1S/C10H14FNO/c1-8-2-3-10(11)6-9(8)7-13-5-4-12/h2-3,6H,4-5,7,12H2,1H3. The molecular formula is C10H14FNO. The maximum absolute atomic E-state index is 12.8. The lowest BCUT2D eigenvalue weighted by atomic mass is 10.1. The van der Waals surface area contributed by atoms with Gasteiger partial charge >= 0.3 is 0 Å². The smallest absolute Gasteiger partial charge is 0.123 e. The van der Waals surface area contributed by atoms with Gasteiger partial charge in [0.05, 0.1) is 13.2 Å². The molecule has 3 heteroatoms. The highest BCUT2D eigenvalue weighted by atomic mass is 19.1. The lowest BCUT2D eigenvalue weighted by molar-refractivity contribution is 0.127. The molecule has 1 aromatic rings. The van der Waals surface area contributed by atoms with Crippen LogP contribution in [0.15, 0.2) is 18.2 Å². The number of rotatable bonds is 4. The largest absolute Gasteiger partial charge is 0.375 e. The maximum atomic E-state index is 12.8. The molecular weight excluding hydrogens is 169 g/mol. The zero-order chi connectivity index (χ0) is 9.68. The van der Waals surface area contributed by atoms with Crippen molar-refractivity contribution in [2.24, 2.45) is 5.73 Å². The molecule has 0 saturated carbocycles. The molecule has 72 valence electrons. The molecule has 0 radical (unpaired) electrons. The second-order valence-corrected chi connectivity index (χ2v) is 2.91. The van der Waals surface area contributed by atoms with Gasteiger partial charge in [-0.15, -0.1) is 0 Å². The van der Waals surface area contributed by atoms with Crippen LogP contribution in [0.5, 0.6) is 0 Å². The first-order valence-electron chi connectivity index (χ1n) is 4.27. The number of aryl methyl sites for hydroxylation is 1. The number of benzene rings is 1. The van der Waals surface area contributed by atoms with Crippen LogP contribution in [0.25, 0.3) is 0 Å². The summed E-state index contributed by atoms with van der Waals surface area (Å²) >= 11 is 0.